The zero-order valence-electron chi connectivity index (χ0n) is 13.5. The molecule has 1 amide bonds. The lowest BCUT2D eigenvalue weighted by atomic mass is 10.2. The third kappa shape index (κ3) is 3.45. The molecular weight excluding hydrogens is 390 g/mol. The molecule has 1 aromatic heterocycles. The van der Waals surface area contributed by atoms with Crippen molar-refractivity contribution in [1.29, 1.82) is 0 Å². The van der Waals surface area contributed by atoms with Crippen molar-refractivity contribution in [1.82, 2.24) is 0 Å². The maximum Gasteiger partial charge on any atom is 0.307 e. The van der Waals surface area contributed by atoms with E-state index < -0.39 is 11.2 Å². The summed E-state index contributed by atoms with van der Waals surface area (Å²) in [7, 11) is 0. The molecule has 0 saturated heterocycles. The van der Waals surface area contributed by atoms with Gasteiger partial charge in [-0.1, -0.05) is 41.9 Å². The summed E-state index contributed by atoms with van der Waals surface area (Å²) in [5.74, 6) is -0.587. The van der Waals surface area contributed by atoms with Gasteiger partial charge < -0.3 is 10.1 Å². The number of benzene rings is 2. The molecule has 0 aliphatic carbocycles. The number of thiophene rings is 1. The number of fused-ring (bicyclic) bond motifs is 2. The molecule has 0 saturated carbocycles. The Balaban J connectivity index is 1.40. The van der Waals surface area contributed by atoms with E-state index in [4.69, 9.17) is 16.3 Å². The SMILES string of the molecule is O=C(CC1Sc2ccccc2NC1=O)OCc1sc2ccccc2c1Cl. The smallest absolute Gasteiger partial charge is 0.307 e. The number of carbonyl (C=O) groups is 2. The third-order valence-electron chi connectivity index (χ3n) is 4.02. The summed E-state index contributed by atoms with van der Waals surface area (Å²) < 4.78 is 6.43. The van der Waals surface area contributed by atoms with Gasteiger partial charge in [-0.2, -0.15) is 0 Å². The van der Waals surface area contributed by atoms with Crippen LogP contribution in [0.1, 0.15) is 11.3 Å². The van der Waals surface area contributed by atoms with E-state index in [1.807, 2.05) is 48.5 Å². The second-order valence-corrected chi connectivity index (χ2v) is 8.55. The molecule has 1 aliphatic heterocycles. The molecule has 132 valence electrons. The minimum atomic E-state index is -0.490. The second kappa shape index (κ2) is 7.31. The average Bonchev–Trinajstić information content (AvgIpc) is 2.97. The Labute approximate surface area is 163 Å². The Bertz CT molecular complexity index is 1000. The first-order valence-corrected chi connectivity index (χ1v) is 10.1. The number of rotatable bonds is 4. The molecule has 0 fully saturated rings. The highest BCUT2D eigenvalue weighted by atomic mass is 35.5. The molecule has 2 heterocycles. The van der Waals surface area contributed by atoms with Crippen LogP contribution in [0.25, 0.3) is 10.1 Å². The first-order valence-electron chi connectivity index (χ1n) is 8.00. The molecule has 0 bridgehead atoms. The van der Waals surface area contributed by atoms with E-state index in [1.54, 1.807) is 0 Å². The van der Waals surface area contributed by atoms with Gasteiger partial charge in [0.2, 0.25) is 5.91 Å². The number of hydrogen-bond donors (Lipinski definition) is 1. The Hall–Kier alpha value is -2.02. The number of ether oxygens (including phenoxy) is 1. The van der Waals surface area contributed by atoms with Crippen molar-refractivity contribution in [2.24, 2.45) is 0 Å². The lowest BCUT2D eigenvalue weighted by molar-refractivity contribution is -0.145. The van der Waals surface area contributed by atoms with Crippen LogP contribution in [0.4, 0.5) is 5.69 Å². The topological polar surface area (TPSA) is 55.4 Å². The molecule has 1 unspecified atom stereocenters. The molecule has 0 spiro atoms. The molecule has 1 atom stereocenters. The number of esters is 1. The molecule has 2 aromatic carbocycles. The second-order valence-electron chi connectivity index (χ2n) is 5.79. The van der Waals surface area contributed by atoms with Gasteiger partial charge in [-0.3, -0.25) is 9.59 Å². The fourth-order valence-corrected chi connectivity index (χ4v) is 5.24. The van der Waals surface area contributed by atoms with Crippen molar-refractivity contribution in [3.63, 3.8) is 0 Å². The first kappa shape index (κ1) is 17.4. The lowest BCUT2D eigenvalue weighted by Crippen LogP contribution is -2.31. The van der Waals surface area contributed by atoms with Crippen LogP contribution >= 0.6 is 34.7 Å². The number of thioether (sulfide) groups is 1. The van der Waals surface area contributed by atoms with Gasteiger partial charge in [0.15, 0.2) is 0 Å². The minimum Gasteiger partial charge on any atom is -0.460 e. The predicted molar refractivity (Wildman–Crippen MR) is 106 cm³/mol. The van der Waals surface area contributed by atoms with Gasteiger partial charge in [0.05, 0.1) is 27.3 Å². The van der Waals surface area contributed by atoms with Crippen LogP contribution in [0.15, 0.2) is 53.4 Å². The lowest BCUT2D eigenvalue weighted by Gasteiger charge is -2.23. The third-order valence-corrected chi connectivity index (χ3v) is 6.99. The van der Waals surface area contributed by atoms with E-state index in [0.717, 1.165) is 25.5 Å². The average molecular weight is 404 g/mol. The molecule has 0 radical (unpaired) electrons. The molecular formula is C19H14ClNO3S2. The van der Waals surface area contributed by atoms with Gasteiger partial charge in [0.1, 0.15) is 6.61 Å². The van der Waals surface area contributed by atoms with Crippen LogP contribution in [0, 0.1) is 0 Å². The van der Waals surface area contributed by atoms with E-state index in [-0.39, 0.29) is 18.9 Å². The van der Waals surface area contributed by atoms with E-state index in [9.17, 15) is 9.59 Å². The zero-order valence-corrected chi connectivity index (χ0v) is 15.9. The standard InChI is InChI=1S/C19H14ClNO3S2/c20-18-11-5-1-3-7-13(11)25-16(18)10-24-17(22)9-15-19(23)21-12-6-2-4-8-14(12)26-15/h1-8,15H,9-10H2,(H,21,23). The van der Waals surface area contributed by atoms with Gasteiger partial charge in [-0.25, -0.2) is 0 Å². The zero-order chi connectivity index (χ0) is 18.1. The highest BCUT2D eigenvalue weighted by Crippen LogP contribution is 2.37. The van der Waals surface area contributed by atoms with Crippen molar-refractivity contribution in [2.45, 2.75) is 23.2 Å². The van der Waals surface area contributed by atoms with Crippen LogP contribution in [-0.2, 0) is 20.9 Å². The number of para-hydroxylation sites is 1. The summed E-state index contributed by atoms with van der Waals surface area (Å²) in [5.41, 5.74) is 0.782. The van der Waals surface area contributed by atoms with E-state index in [0.29, 0.717) is 5.02 Å². The first-order chi connectivity index (χ1) is 12.6. The molecule has 1 aliphatic rings. The Morgan fingerprint density at radius 2 is 1.92 bits per heavy atom. The summed E-state index contributed by atoms with van der Waals surface area (Å²) in [5, 5.41) is 3.92. The molecule has 1 N–H and O–H groups in total. The maximum atomic E-state index is 12.2. The van der Waals surface area contributed by atoms with Crippen LogP contribution in [0.2, 0.25) is 5.02 Å². The predicted octanol–water partition coefficient (Wildman–Crippen LogP) is 5.10. The summed E-state index contributed by atoms with van der Waals surface area (Å²) in [6, 6.07) is 15.3. The van der Waals surface area contributed by atoms with E-state index in [1.165, 1.54) is 23.1 Å². The maximum absolute atomic E-state index is 12.2. The molecule has 4 rings (SSSR count). The Morgan fingerprint density at radius 1 is 1.15 bits per heavy atom. The van der Waals surface area contributed by atoms with Crippen LogP contribution < -0.4 is 5.32 Å². The quantitative estimate of drug-likeness (QED) is 0.615. The fourth-order valence-electron chi connectivity index (χ4n) is 2.74. The van der Waals surface area contributed by atoms with Crippen molar-refractivity contribution in [3.8, 4) is 0 Å². The summed E-state index contributed by atoms with van der Waals surface area (Å²) in [6.45, 7) is 0.118. The largest absolute Gasteiger partial charge is 0.460 e. The van der Waals surface area contributed by atoms with Crippen molar-refractivity contribution in [2.75, 3.05) is 5.32 Å². The van der Waals surface area contributed by atoms with Crippen molar-refractivity contribution < 1.29 is 14.3 Å². The van der Waals surface area contributed by atoms with Crippen molar-refractivity contribution in [3.05, 3.63) is 58.4 Å². The molecule has 4 nitrogen and oxygen atoms in total. The molecule has 26 heavy (non-hydrogen) atoms. The van der Waals surface area contributed by atoms with E-state index >= 15 is 0 Å². The Morgan fingerprint density at radius 3 is 2.77 bits per heavy atom. The molecule has 7 heteroatoms. The molecule has 3 aromatic rings. The van der Waals surface area contributed by atoms with Crippen molar-refractivity contribution >= 4 is 62.3 Å². The monoisotopic (exact) mass is 403 g/mol. The summed E-state index contributed by atoms with van der Waals surface area (Å²) in [6.07, 6.45) is 0.0212. The highest BCUT2D eigenvalue weighted by molar-refractivity contribution is 8.01. The van der Waals surface area contributed by atoms with Crippen LogP contribution in [0.3, 0.4) is 0 Å². The number of carbonyl (C=O) groups excluding carboxylic acids is 2. The number of nitrogens with one attached hydrogen (secondary N) is 1. The van der Waals surface area contributed by atoms with Gasteiger partial charge in [0, 0.05) is 15.0 Å². The number of anilines is 1. The van der Waals surface area contributed by atoms with Crippen LogP contribution in [-0.4, -0.2) is 17.1 Å². The minimum absolute atomic E-state index is 0.0212. The summed E-state index contributed by atoms with van der Waals surface area (Å²) in [4.78, 5) is 26.2. The van der Waals surface area contributed by atoms with E-state index in [2.05, 4.69) is 5.32 Å². The van der Waals surface area contributed by atoms with Gasteiger partial charge >= 0.3 is 5.97 Å². The number of amides is 1. The van der Waals surface area contributed by atoms with Gasteiger partial charge in [-0.05, 0) is 18.2 Å². The highest BCUT2D eigenvalue weighted by Gasteiger charge is 2.29. The van der Waals surface area contributed by atoms with Crippen LogP contribution in [0.5, 0.6) is 0 Å². The number of halogens is 1. The fraction of sp³-hybridized carbons (Fsp3) is 0.158. The Kier molecular flexibility index (Phi) is 4.89. The normalized spacial score (nSPS) is 16.2. The summed E-state index contributed by atoms with van der Waals surface area (Å²) >= 11 is 9.26. The van der Waals surface area contributed by atoms with Gasteiger partial charge in [-0.15, -0.1) is 23.1 Å². The number of hydrogen-bond acceptors (Lipinski definition) is 5. The van der Waals surface area contributed by atoms with Gasteiger partial charge in [0.25, 0.3) is 0 Å².